The van der Waals surface area contributed by atoms with Crippen molar-refractivity contribution < 1.29 is 4.79 Å². The Bertz CT molecular complexity index is 665. The van der Waals surface area contributed by atoms with E-state index in [9.17, 15) is 4.79 Å². The number of hydrogen-bond donors (Lipinski definition) is 0. The molecule has 0 spiro atoms. The molecule has 0 bridgehead atoms. The van der Waals surface area contributed by atoms with Gasteiger partial charge in [-0.3, -0.25) is 0 Å². The molecule has 0 aliphatic heterocycles. The highest BCUT2D eigenvalue weighted by Gasteiger charge is 2.37. The first-order valence-electron chi connectivity index (χ1n) is 10.8. The highest BCUT2D eigenvalue weighted by Crippen LogP contribution is 2.47. The van der Waals surface area contributed by atoms with Crippen LogP contribution in [0, 0.1) is 28.6 Å². The standard InChI is InChI=1S/C25H33NO/c1-2-4-20-5-7-21(8-6-20)22-9-11-23(12-10-22)24-13-16-25(19-27,17-14-24)15-3-18-26/h3,5-8,15,19,22-24H,2,4,9-14,16-17H2,1H3. The number of carbonyl (C=O) groups excluding carboxylic acids is 1. The number of hydrogen-bond acceptors (Lipinski definition) is 2. The summed E-state index contributed by atoms with van der Waals surface area (Å²) in [5, 5.41) is 8.77. The maximum Gasteiger partial charge on any atom is 0.129 e. The van der Waals surface area contributed by atoms with Gasteiger partial charge in [0.2, 0.25) is 0 Å². The number of allylic oxidation sites excluding steroid dienone is 2. The fourth-order valence-corrected chi connectivity index (χ4v) is 5.35. The minimum atomic E-state index is -0.371. The van der Waals surface area contributed by atoms with Gasteiger partial charge in [-0.1, -0.05) is 43.7 Å². The first kappa shape index (κ1) is 19.9. The molecule has 2 aliphatic rings. The first-order chi connectivity index (χ1) is 13.2. The molecule has 2 heteroatoms. The van der Waals surface area contributed by atoms with Crippen LogP contribution >= 0.6 is 0 Å². The Morgan fingerprint density at radius 3 is 2.22 bits per heavy atom. The summed E-state index contributed by atoms with van der Waals surface area (Å²) in [5.74, 6) is 2.32. The molecule has 2 fully saturated rings. The van der Waals surface area contributed by atoms with Gasteiger partial charge in [0.25, 0.3) is 0 Å². The van der Waals surface area contributed by atoms with Crippen molar-refractivity contribution in [2.45, 2.75) is 77.0 Å². The van der Waals surface area contributed by atoms with E-state index < -0.39 is 0 Å². The van der Waals surface area contributed by atoms with Gasteiger partial charge in [-0.05, 0) is 86.7 Å². The third-order valence-electron chi connectivity index (χ3n) is 7.11. The van der Waals surface area contributed by atoms with Crippen molar-refractivity contribution in [3.63, 3.8) is 0 Å². The van der Waals surface area contributed by atoms with Gasteiger partial charge in [-0.2, -0.15) is 5.26 Å². The molecule has 2 nitrogen and oxygen atoms in total. The smallest absolute Gasteiger partial charge is 0.129 e. The summed E-state index contributed by atoms with van der Waals surface area (Å²) >= 11 is 0. The maximum atomic E-state index is 11.6. The minimum Gasteiger partial charge on any atom is -0.302 e. The molecule has 0 unspecified atom stereocenters. The van der Waals surface area contributed by atoms with Crippen molar-refractivity contribution in [2.24, 2.45) is 17.3 Å². The Balaban J connectivity index is 1.50. The molecule has 1 aromatic carbocycles. The van der Waals surface area contributed by atoms with Crippen LogP contribution in [0.4, 0.5) is 0 Å². The minimum absolute atomic E-state index is 0.371. The van der Waals surface area contributed by atoms with Crippen molar-refractivity contribution in [1.82, 2.24) is 0 Å². The highest BCUT2D eigenvalue weighted by molar-refractivity contribution is 5.63. The molecule has 1 aromatic rings. The lowest BCUT2D eigenvalue weighted by Gasteiger charge is -2.40. The lowest BCUT2D eigenvalue weighted by Crippen LogP contribution is -2.31. The Morgan fingerprint density at radius 1 is 1.04 bits per heavy atom. The number of aryl methyl sites for hydroxylation is 1. The summed E-state index contributed by atoms with van der Waals surface area (Å²) in [4.78, 5) is 11.6. The second-order valence-corrected chi connectivity index (χ2v) is 8.75. The number of nitrogens with zero attached hydrogens (tertiary/aromatic N) is 1. The third-order valence-corrected chi connectivity index (χ3v) is 7.11. The lowest BCUT2D eigenvalue weighted by molar-refractivity contribution is -0.116. The highest BCUT2D eigenvalue weighted by atomic mass is 16.1. The number of benzene rings is 1. The van der Waals surface area contributed by atoms with Gasteiger partial charge in [0.15, 0.2) is 0 Å². The van der Waals surface area contributed by atoms with Crippen molar-refractivity contribution in [3.05, 3.63) is 47.5 Å². The summed E-state index contributed by atoms with van der Waals surface area (Å²) in [5.41, 5.74) is 2.61. The summed E-state index contributed by atoms with van der Waals surface area (Å²) in [6.45, 7) is 2.24. The van der Waals surface area contributed by atoms with E-state index in [4.69, 9.17) is 5.26 Å². The van der Waals surface area contributed by atoms with Gasteiger partial charge < -0.3 is 4.79 Å². The number of aldehydes is 1. The van der Waals surface area contributed by atoms with Gasteiger partial charge in [-0.15, -0.1) is 0 Å². The van der Waals surface area contributed by atoms with Crippen LogP contribution in [0.25, 0.3) is 0 Å². The van der Waals surface area contributed by atoms with Crippen LogP contribution in [0.15, 0.2) is 36.4 Å². The molecule has 0 saturated heterocycles. The first-order valence-corrected chi connectivity index (χ1v) is 10.8. The Labute approximate surface area is 164 Å². The quantitative estimate of drug-likeness (QED) is 0.435. The van der Waals surface area contributed by atoms with Gasteiger partial charge in [0.05, 0.1) is 6.07 Å². The number of carbonyl (C=O) groups is 1. The second kappa shape index (κ2) is 9.36. The molecular formula is C25H33NO. The molecular weight excluding hydrogens is 330 g/mol. The molecule has 0 heterocycles. The van der Waals surface area contributed by atoms with E-state index in [1.54, 1.807) is 0 Å². The van der Waals surface area contributed by atoms with Crippen LogP contribution in [-0.4, -0.2) is 6.29 Å². The molecule has 0 radical (unpaired) electrons. The molecule has 27 heavy (non-hydrogen) atoms. The largest absolute Gasteiger partial charge is 0.302 e. The molecule has 0 atom stereocenters. The van der Waals surface area contributed by atoms with Gasteiger partial charge in [-0.25, -0.2) is 0 Å². The predicted octanol–water partition coefficient (Wildman–Crippen LogP) is 6.37. The molecule has 2 saturated carbocycles. The van der Waals surface area contributed by atoms with Crippen molar-refractivity contribution in [2.75, 3.05) is 0 Å². The van der Waals surface area contributed by atoms with E-state index in [2.05, 4.69) is 31.2 Å². The average Bonchev–Trinajstić information content (AvgIpc) is 2.74. The predicted molar refractivity (Wildman–Crippen MR) is 110 cm³/mol. The molecule has 3 rings (SSSR count). The van der Waals surface area contributed by atoms with Gasteiger partial charge in [0, 0.05) is 11.5 Å². The van der Waals surface area contributed by atoms with E-state index in [-0.39, 0.29) is 5.41 Å². The van der Waals surface area contributed by atoms with Crippen molar-refractivity contribution in [1.29, 1.82) is 5.26 Å². The zero-order chi connectivity index (χ0) is 19.1. The summed E-state index contributed by atoms with van der Waals surface area (Å²) in [6, 6.07) is 11.4. The van der Waals surface area contributed by atoms with Crippen LogP contribution < -0.4 is 0 Å². The maximum absolute atomic E-state index is 11.6. The SMILES string of the molecule is CCCc1ccc(C2CCC(C3CCC(C=O)(C=CC#N)CC3)CC2)cc1. The fraction of sp³-hybridized carbons (Fsp3) is 0.600. The van der Waals surface area contributed by atoms with E-state index in [0.29, 0.717) is 0 Å². The lowest BCUT2D eigenvalue weighted by atomic mass is 9.64. The van der Waals surface area contributed by atoms with Crippen LogP contribution in [0.2, 0.25) is 0 Å². The van der Waals surface area contributed by atoms with E-state index in [0.717, 1.165) is 49.7 Å². The Kier molecular flexibility index (Phi) is 6.89. The zero-order valence-corrected chi connectivity index (χ0v) is 16.7. The second-order valence-electron chi connectivity index (χ2n) is 8.75. The van der Waals surface area contributed by atoms with Crippen LogP contribution in [0.1, 0.15) is 81.8 Å². The summed E-state index contributed by atoms with van der Waals surface area (Å²) in [6.07, 6.45) is 16.2. The number of nitriles is 1. The summed E-state index contributed by atoms with van der Waals surface area (Å²) < 4.78 is 0. The molecule has 2 aliphatic carbocycles. The fourth-order valence-electron chi connectivity index (χ4n) is 5.35. The molecule has 0 amide bonds. The molecule has 0 N–H and O–H groups in total. The topological polar surface area (TPSA) is 40.9 Å². The van der Waals surface area contributed by atoms with E-state index >= 15 is 0 Å². The van der Waals surface area contributed by atoms with Gasteiger partial charge in [0.1, 0.15) is 6.29 Å². The van der Waals surface area contributed by atoms with E-state index in [1.807, 2.05) is 12.1 Å². The van der Waals surface area contributed by atoms with Crippen molar-refractivity contribution >= 4 is 6.29 Å². The molecule has 0 aromatic heterocycles. The van der Waals surface area contributed by atoms with E-state index in [1.165, 1.54) is 55.7 Å². The summed E-state index contributed by atoms with van der Waals surface area (Å²) in [7, 11) is 0. The van der Waals surface area contributed by atoms with Crippen molar-refractivity contribution in [3.8, 4) is 6.07 Å². The average molecular weight is 364 g/mol. The van der Waals surface area contributed by atoms with Gasteiger partial charge >= 0.3 is 0 Å². The van der Waals surface area contributed by atoms with Crippen LogP contribution in [-0.2, 0) is 11.2 Å². The normalized spacial score (nSPS) is 31.5. The Morgan fingerprint density at radius 2 is 1.67 bits per heavy atom. The monoisotopic (exact) mass is 363 g/mol. The zero-order valence-electron chi connectivity index (χ0n) is 16.7. The third kappa shape index (κ3) is 4.89. The molecule has 144 valence electrons. The Hall–Kier alpha value is -1.88. The van der Waals surface area contributed by atoms with Crippen LogP contribution in [0.3, 0.4) is 0 Å². The number of rotatable bonds is 6. The van der Waals surface area contributed by atoms with Crippen LogP contribution in [0.5, 0.6) is 0 Å².